The molecule has 0 spiro atoms. The topological polar surface area (TPSA) is 63.1 Å². The van der Waals surface area contributed by atoms with Crippen molar-refractivity contribution in [2.24, 2.45) is 0 Å². The number of rotatable bonds is 6. The first-order chi connectivity index (χ1) is 13.0. The molecular weight excluding hydrogens is 338 g/mol. The van der Waals surface area contributed by atoms with Crippen molar-refractivity contribution in [1.82, 2.24) is 15.0 Å². The molecule has 2 aromatic carbocycles. The fourth-order valence-electron chi connectivity index (χ4n) is 3.08. The number of nitrogens with one attached hydrogen (secondary N) is 1. The highest BCUT2D eigenvalue weighted by Crippen LogP contribution is 2.19. The Hall–Kier alpha value is -3.15. The van der Waals surface area contributed by atoms with E-state index in [1.54, 1.807) is 4.68 Å². The molecule has 1 aromatic heterocycles. The first kappa shape index (κ1) is 18.6. The van der Waals surface area contributed by atoms with Crippen LogP contribution in [0.5, 0.6) is 0 Å². The molecule has 140 valence electrons. The third kappa shape index (κ3) is 4.00. The van der Waals surface area contributed by atoms with Crippen molar-refractivity contribution in [3.05, 3.63) is 65.5 Å². The smallest absolute Gasteiger partial charge is 0.278 e. The van der Waals surface area contributed by atoms with E-state index in [1.165, 1.54) is 0 Å². The average Bonchev–Trinajstić information content (AvgIpc) is 3.05. The van der Waals surface area contributed by atoms with Gasteiger partial charge >= 0.3 is 0 Å². The maximum absolute atomic E-state index is 12.6. The highest BCUT2D eigenvalue weighted by atomic mass is 16.2. The van der Waals surface area contributed by atoms with Gasteiger partial charge in [-0.1, -0.05) is 17.3 Å². The molecule has 1 amide bonds. The number of aromatic nitrogens is 3. The van der Waals surface area contributed by atoms with Gasteiger partial charge in [0.15, 0.2) is 5.69 Å². The zero-order valence-corrected chi connectivity index (χ0v) is 16.2. The van der Waals surface area contributed by atoms with Gasteiger partial charge in [0.2, 0.25) is 0 Å². The van der Waals surface area contributed by atoms with Gasteiger partial charge in [0.05, 0.1) is 11.4 Å². The second-order valence-electron chi connectivity index (χ2n) is 6.45. The lowest BCUT2D eigenvalue weighted by Gasteiger charge is -2.21. The highest BCUT2D eigenvalue weighted by Gasteiger charge is 2.17. The van der Waals surface area contributed by atoms with Crippen LogP contribution >= 0.6 is 0 Å². The van der Waals surface area contributed by atoms with Crippen molar-refractivity contribution in [2.75, 3.05) is 23.3 Å². The number of hydrogen-bond donors (Lipinski definition) is 1. The van der Waals surface area contributed by atoms with Crippen molar-refractivity contribution in [3.8, 4) is 5.69 Å². The fraction of sp³-hybridized carbons (Fsp3) is 0.286. The second-order valence-corrected chi connectivity index (χ2v) is 6.45. The minimum Gasteiger partial charge on any atom is -0.372 e. The Labute approximate surface area is 159 Å². The van der Waals surface area contributed by atoms with Crippen molar-refractivity contribution >= 4 is 17.3 Å². The molecule has 0 aliphatic carbocycles. The van der Waals surface area contributed by atoms with Crippen molar-refractivity contribution in [2.45, 2.75) is 27.7 Å². The van der Waals surface area contributed by atoms with E-state index in [4.69, 9.17) is 0 Å². The quantitative estimate of drug-likeness (QED) is 0.719. The Morgan fingerprint density at radius 3 is 2.41 bits per heavy atom. The summed E-state index contributed by atoms with van der Waals surface area (Å²) in [6, 6.07) is 15.8. The summed E-state index contributed by atoms with van der Waals surface area (Å²) in [7, 11) is 0. The predicted molar refractivity (Wildman–Crippen MR) is 109 cm³/mol. The molecule has 1 N–H and O–H groups in total. The van der Waals surface area contributed by atoms with Gasteiger partial charge in [0.1, 0.15) is 0 Å². The van der Waals surface area contributed by atoms with Gasteiger partial charge < -0.3 is 10.2 Å². The predicted octanol–water partition coefficient (Wildman–Crippen LogP) is 3.98. The molecule has 27 heavy (non-hydrogen) atoms. The van der Waals surface area contributed by atoms with Crippen LogP contribution in [0.3, 0.4) is 0 Å². The molecule has 0 fully saturated rings. The summed E-state index contributed by atoms with van der Waals surface area (Å²) < 4.78 is 1.69. The molecule has 0 saturated heterocycles. The number of benzene rings is 2. The van der Waals surface area contributed by atoms with Crippen LogP contribution in [0.15, 0.2) is 48.5 Å². The maximum Gasteiger partial charge on any atom is 0.278 e. The van der Waals surface area contributed by atoms with Crippen LogP contribution < -0.4 is 10.2 Å². The van der Waals surface area contributed by atoms with Gasteiger partial charge in [0.25, 0.3) is 5.91 Å². The van der Waals surface area contributed by atoms with E-state index in [9.17, 15) is 4.79 Å². The number of carbonyl (C=O) groups excluding carboxylic acids is 1. The lowest BCUT2D eigenvalue weighted by Crippen LogP contribution is -2.21. The van der Waals surface area contributed by atoms with Crippen LogP contribution in [0.4, 0.5) is 11.4 Å². The van der Waals surface area contributed by atoms with Gasteiger partial charge in [-0.05, 0) is 69.7 Å². The summed E-state index contributed by atoms with van der Waals surface area (Å²) in [5.41, 5.74) is 4.92. The largest absolute Gasteiger partial charge is 0.372 e. The van der Waals surface area contributed by atoms with E-state index >= 15 is 0 Å². The monoisotopic (exact) mass is 363 g/mol. The Kier molecular flexibility index (Phi) is 5.54. The molecule has 0 bridgehead atoms. The lowest BCUT2D eigenvalue weighted by molar-refractivity contribution is 0.102. The zero-order chi connectivity index (χ0) is 19.4. The van der Waals surface area contributed by atoms with Crippen LogP contribution in [-0.4, -0.2) is 34.0 Å². The SMILES string of the molecule is CCN(CC)c1ccc(NC(=O)c2nnn(-c3cccc(C)c3)c2C)cc1. The summed E-state index contributed by atoms with van der Waals surface area (Å²) in [5, 5.41) is 11.1. The number of carbonyl (C=O) groups is 1. The minimum atomic E-state index is -0.262. The maximum atomic E-state index is 12.6. The summed E-state index contributed by atoms with van der Waals surface area (Å²) in [6.45, 7) is 10.0. The number of nitrogens with zero attached hydrogens (tertiary/aromatic N) is 4. The first-order valence-electron chi connectivity index (χ1n) is 9.19. The molecule has 6 nitrogen and oxygen atoms in total. The van der Waals surface area contributed by atoms with Crippen LogP contribution in [0.25, 0.3) is 5.69 Å². The normalized spacial score (nSPS) is 10.7. The van der Waals surface area contributed by atoms with E-state index in [0.29, 0.717) is 11.4 Å². The Balaban J connectivity index is 1.77. The molecule has 0 saturated carbocycles. The zero-order valence-electron chi connectivity index (χ0n) is 16.2. The molecular formula is C21H25N5O. The van der Waals surface area contributed by atoms with Crippen LogP contribution in [-0.2, 0) is 0 Å². The van der Waals surface area contributed by atoms with Gasteiger partial charge in [-0.3, -0.25) is 4.79 Å². The lowest BCUT2D eigenvalue weighted by atomic mass is 10.2. The van der Waals surface area contributed by atoms with Crippen LogP contribution in [0.1, 0.15) is 35.6 Å². The van der Waals surface area contributed by atoms with Crippen molar-refractivity contribution in [3.63, 3.8) is 0 Å². The van der Waals surface area contributed by atoms with E-state index in [1.807, 2.05) is 62.4 Å². The third-order valence-corrected chi connectivity index (χ3v) is 4.61. The van der Waals surface area contributed by atoms with Crippen molar-refractivity contribution in [1.29, 1.82) is 0 Å². The average molecular weight is 363 g/mol. The number of hydrogen-bond acceptors (Lipinski definition) is 4. The highest BCUT2D eigenvalue weighted by molar-refractivity contribution is 6.03. The molecule has 0 aliphatic heterocycles. The van der Waals surface area contributed by atoms with Gasteiger partial charge in [-0.15, -0.1) is 5.10 Å². The number of amides is 1. The Morgan fingerprint density at radius 1 is 1.07 bits per heavy atom. The Bertz CT molecular complexity index is 926. The molecule has 0 aliphatic rings. The number of anilines is 2. The van der Waals surface area contributed by atoms with Crippen LogP contribution in [0.2, 0.25) is 0 Å². The summed E-state index contributed by atoms with van der Waals surface area (Å²) >= 11 is 0. The standard InChI is InChI=1S/C21H25N5O/c1-5-25(6-2)18-12-10-17(11-13-18)22-21(27)20-16(4)26(24-23-20)19-9-7-8-15(3)14-19/h7-14H,5-6H2,1-4H3,(H,22,27). The van der Waals surface area contributed by atoms with E-state index < -0.39 is 0 Å². The third-order valence-electron chi connectivity index (χ3n) is 4.61. The molecule has 0 atom stereocenters. The molecule has 3 rings (SSSR count). The molecule has 3 aromatic rings. The van der Waals surface area contributed by atoms with Crippen LogP contribution in [0, 0.1) is 13.8 Å². The minimum absolute atomic E-state index is 0.262. The fourth-order valence-corrected chi connectivity index (χ4v) is 3.08. The molecule has 0 unspecified atom stereocenters. The summed E-state index contributed by atoms with van der Waals surface area (Å²) in [4.78, 5) is 14.9. The van der Waals surface area contributed by atoms with Gasteiger partial charge in [0, 0.05) is 24.5 Å². The van der Waals surface area contributed by atoms with E-state index in [-0.39, 0.29) is 5.91 Å². The van der Waals surface area contributed by atoms with Crippen molar-refractivity contribution < 1.29 is 4.79 Å². The molecule has 6 heteroatoms. The van der Waals surface area contributed by atoms with E-state index in [2.05, 4.69) is 34.4 Å². The first-order valence-corrected chi connectivity index (χ1v) is 9.19. The molecule has 0 radical (unpaired) electrons. The second kappa shape index (κ2) is 8.03. The summed E-state index contributed by atoms with van der Waals surface area (Å²) in [6.07, 6.45) is 0. The number of aryl methyl sites for hydroxylation is 1. The Morgan fingerprint density at radius 2 is 1.78 bits per heavy atom. The molecule has 1 heterocycles. The van der Waals surface area contributed by atoms with Gasteiger partial charge in [-0.2, -0.15) is 0 Å². The van der Waals surface area contributed by atoms with Gasteiger partial charge in [-0.25, -0.2) is 4.68 Å². The van der Waals surface area contributed by atoms with E-state index in [0.717, 1.165) is 35.7 Å². The summed E-state index contributed by atoms with van der Waals surface area (Å²) in [5.74, 6) is -0.262.